The number of rotatable bonds is 8. The van der Waals surface area contributed by atoms with Crippen LogP contribution in [0.4, 0.5) is 18.9 Å². The minimum Gasteiger partial charge on any atom is -0.368 e. The summed E-state index contributed by atoms with van der Waals surface area (Å²) in [6, 6.07) is 9.68. The number of benzene rings is 2. The molecule has 2 N–H and O–H groups in total. The molecule has 7 nitrogen and oxygen atoms in total. The first-order chi connectivity index (χ1) is 19.4. The van der Waals surface area contributed by atoms with Gasteiger partial charge in [-0.15, -0.1) is 0 Å². The molecule has 2 aliphatic rings. The molecule has 3 unspecified atom stereocenters. The maximum atomic E-state index is 13.7. The minimum atomic E-state index is -4.52. The third kappa shape index (κ3) is 7.33. The molecule has 2 fully saturated rings. The van der Waals surface area contributed by atoms with Crippen LogP contribution in [0.2, 0.25) is 5.02 Å². The van der Waals surface area contributed by atoms with Crippen molar-refractivity contribution in [3.8, 4) is 0 Å². The Morgan fingerprint density at radius 2 is 1.73 bits per heavy atom. The number of nitrogens with zero attached hydrogens (tertiary/aromatic N) is 2. The van der Waals surface area contributed by atoms with E-state index < -0.39 is 29.7 Å². The van der Waals surface area contributed by atoms with Crippen molar-refractivity contribution in [3.05, 3.63) is 64.2 Å². The molecule has 2 aromatic carbocycles. The summed E-state index contributed by atoms with van der Waals surface area (Å²) in [5, 5.41) is 6.38. The fourth-order valence-corrected chi connectivity index (χ4v) is 5.72. The SMILES string of the molecule is CCC(=O)NC(CC(C)C)c1cc(C(F)(F)F)ccc1N1CCN(C(=O)C2CC(=O)NC2c2ccc(Cl)cc2)CC1. The molecule has 2 saturated heterocycles. The van der Waals surface area contributed by atoms with Gasteiger partial charge in [-0.3, -0.25) is 14.4 Å². The van der Waals surface area contributed by atoms with Gasteiger partial charge in [-0.05, 0) is 53.8 Å². The Hall–Kier alpha value is -3.27. The van der Waals surface area contributed by atoms with Gasteiger partial charge in [0.25, 0.3) is 0 Å². The highest BCUT2D eigenvalue weighted by atomic mass is 35.5. The molecule has 2 aromatic rings. The molecular weight excluding hydrogens is 557 g/mol. The fourth-order valence-electron chi connectivity index (χ4n) is 5.60. The fraction of sp³-hybridized carbons (Fsp3) is 0.500. The maximum absolute atomic E-state index is 13.7. The topological polar surface area (TPSA) is 81.8 Å². The van der Waals surface area contributed by atoms with Crippen molar-refractivity contribution in [1.82, 2.24) is 15.5 Å². The zero-order valence-corrected chi connectivity index (χ0v) is 24.2. The summed E-state index contributed by atoms with van der Waals surface area (Å²) < 4.78 is 41.1. The molecule has 3 amide bonds. The molecule has 2 heterocycles. The number of carbonyl (C=O) groups is 3. The molecule has 2 aliphatic heterocycles. The van der Waals surface area contributed by atoms with E-state index in [1.54, 1.807) is 36.1 Å². The molecule has 4 rings (SSSR count). The summed E-state index contributed by atoms with van der Waals surface area (Å²) in [5.74, 6) is -0.989. The van der Waals surface area contributed by atoms with E-state index in [0.717, 1.165) is 17.7 Å². The second kappa shape index (κ2) is 12.7. The Morgan fingerprint density at radius 3 is 2.32 bits per heavy atom. The molecular formula is C30H36ClF3N4O3. The second-order valence-electron chi connectivity index (χ2n) is 11.1. The van der Waals surface area contributed by atoms with Crippen molar-refractivity contribution < 1.29 is 27.6 Å². The van der Waals surface area contributed by atoms with Crippen LogP contribution in [-0.2, 0) is 20.6 Å². The molecule has 41 heavy (non-hydrogen) atoms. The van der Waals surface area contributed by atoms with Crippen molar-refractivity contribution in [1.29, 1.82) is 0 Å². The summed E-state index contributed by atoms with van der Waals surface area (Å²) in [6.07, 6.45) is -3.74. The minimum absolute atomic E-state index is 0.0867. The number of alkyl halides is 3. The van der Waals surface area contributed by atoms with Crippen molar-refractivity contribution in [3.63, 3.8) is 0 Å². The highest BCUT2D eigenvalue weighted by molar-refractivity contribution is 6.30. The van der Waals surface area contributed by atoms with Crippen molar-refractivity contribution >= 4 is 35.0 Å². The van der Waals surface area contributed by atoms with Gasteiger partial charge >= 0.3 is 6.18 Å². The Balaban J connectivity index is 1.55. The number of hydrogen-bond donors (Lipinski definition) is 2. The van der Waals surface area contributed by atoms with E-state index in [-0.39, 0.29) is 36.5 Å². The first-order valence-corrected chi connectivity index (χ1v) is 14.3. The summed E-state index contributed by atoms with van der Waals surface area (Å²) in [4.78, 5) is 41.9. The van der Waals surface area contributed by atoms with Gasteiger partial charge in [-0.25, -0.2) is 0 Å². The van der Waals surface area contributed by atoms with Gasteiger partial charge in [0, 0.05) is 49.7 Å². The monoisotopic (exact) mass is 592 g/mol. The standard InChI is InChI=1S/C30H36ClF3N4O3/c1-4-26(39)35-24(15-18(2)3)22-16-20(30(32,33)34)7-10-25(22)37-11-13-38(14-12-37)29(41)23-17-27(40)36-28(23)19-5-8-21(31)9-6-19/h5-10,16,18,23-24,28H,4,11-15,17H2,1-3H3,(H,35,39)(H,36,40). The van der Waals surface area contributed by atoms with Crippen LogP contribution in [0.3, 0.4) is 0 Å². The lowest BCUT2D eigenvalue weighted by Gasteiger charge is -2.39. The predicted octanol–water partition coefficient (Wildman–Crippen LogP) is 5.50. The normalized spacial score (nSPS) is 20.2. The van der Waals surface area contributed by atoms with Gasteiger partial charge in [-0.2, -0.15) is 13.2 Å². The summed E-state index contributed by atoms with van der Waals surface area (Å²) in [6.45, 7) is 7.14. The summed E-state index contributed by atoms with van der Waals surface area (Å²) in [7, 11) is 0. The van der Waals surface area contributed by atoms with E-state index in [2.05, 4.69) is 10.6 Å². The van der Waals surface area contributed by atoms with E-state index in [4.69, 9.17) is 11.6 Å². The highest BCUT2D eigenvalue weighted by Gasteiger charge is 2.41. The number of nitrogens with one attached hydrogen (secondary N) is 2. The van der Waals surface area contributed by atoms with Crippen molar-refractivity contribution in [2.45, 2.75) is 58.3 Å². The molecule has 222 valence electrons. The predicted molar refractivity (Wildman–Crippen MR) is 151 cm³/mol. The van der Waals surface area contributed by atoms with Crippen LogP contribution in [-0.4, -0.2) is 48.8 Å². The Kier molecular flexibility index (Phi) is 9.51. The van der Waals surface area contributed by atoms with Crippen LogP contribution in [0.5, 0.6) is 0 Å². The molecule has 0 aromatic heterocycles. The molecule has 0 spiro atoms. The van der Waals surface area contributed by atoms with Gasteiger partial charge in [-0.1, -0.05) is 44.5 Å². The number of halogens is 4. The van der Waals surface area contributed by atoms with E-state index in [1.165, 1.54) is 6.07 Å². The third-order valence-corrected chi connectivity index (χ3v) is 7.95. The zero-order valence-electron chi connectivity index (χ0n) is 23.4. The first-order valence-electron chi connectivity index (χ1n) is 14.0. The van der Waals surface area contributed by atoms with Crippen LogP contribution >= 0.6 is 11.6 Å². The number of hydrogen-bond acceptors (Lipinski definition) is 4. The van der Waals surface area contributed by atoms with Gasteiger partial charge in [0.15, 0.2) is 0 Å². The van der Waals surface area contributed by atoms with Crippen molar-refractivity contribution in [2.75, 3.05) is 31.1 Å². The molecule has 0 saturated carbocycles. The lowest BCUT2D eigenvalue weighted by Crippen LogP contribution is -2.51. The second-order valence-corrected chi connectivity index (χ2v) is 11.5. The molecule has 11 heteroatoms. The lowest BCUT2D eigenvalue weighted by atomic mass is 9.92. The highest BCUT2D eigenvalue weighted by Crippen LogP contribution is 2.38. The van der Waals surface area contributed by atoms with Gasteiger partial charge in [0.05, 0.1) is 23.6 Å². The average Bonchev–Trinajstić information content (AvgIpc) is 3.33. The molecule has 3 atom stereocenters. The number of piperazine rings is 1. The van der Waals surface area contributed by atoms with Crippen LogP contribution < -0.4 is 15.5 Å². The number of carbonyl (C=O) groups excluding carboxylic acids is 3. The van der Waals surface area contributed by atoms with Gasteiger partial charge in [0.2, 0.25) is 17.7 Å². The number of amides is 3. The first kappa shape index (κ1) is 30.7. The lowest BCUT2D eigenvalue weighted by molar-refractivity contribution is -0.138. The summed E-state index contributed by atoms with van der Waals surface area (Å²) in [5.41, 5.74) is 1.07. The number of anilines is 1. The van der Waals surface area contributed by atoms with E-state index >= 15 is 0 Å². The molecule has 0 aliphatic carbocycles. The van der Waals surface area contributed by atoms with E-state index in [0.29, 0.717) is 48.9 Å². The summed E-state index contributed by atoms with van der Waals surface area (Å²) >= 11 is 6.01. The van der Waals surface area contributed by atoms with E-state index in [1.807, 2.05) is 18.7 Å². The van der Waals surface area contributed by atoms with Gasteiger partial charge in [0.1, 0.15) is 0 Å². The quantitative estimate of drug-likeness (QED) is 0.424. The molecule has 0 radical (unpaired) electrons. The Morgan fingerprint density at radius 1 is 1.07 bits per heavy atom. The van der Waals surface area contributed by atoms with Crippen LogP contribution in [0.15, 0.2) is 42.5 Å². The van der Waals surface area contributed by atoms with Gasteiger partial charge < -0.3 is 20.4 Å². The van der Waals surface area contributed by atoms with Crippen LogP contribution in [0.25, 0.3) is 0 Å². The largest absolute Gasteiger partial charge is 0.416 e. The zero-order chi connectivity index (χ0) is 29.9. The van der Waals surface area contributed by atoms with E-state index in [9.17, 15) is 27.6 Å². The average molecular weight is 593 g/mol. The van der Waals surface area contributed by atoms with Crippen LogP contribution in [0.1, 0.15) is 68.8 Å². The third-order valence-electron chi connectivity index (χ3n) is 7.70. The molecule has 0 bridgehead atoms. The maximum Gasteiger partial charge on any atom is 0.416 e. The Labute approximate surface area is 243 Å². The van der Waals surface area contributed by atoms with Crippen LogP contribution in [0, 0.1) is 11.8 Å². The smallest absolute Gasteiger partial charge is 0.368 e. The Bertz CT molecular complexity index is 1260. The van der Waals surface area contributed by atoms with Crippen molar-refractivity contribution in [2.24, 2.45) is 11.8 Å².